The van der Waals surface area contributed by atoms with Crippen LogP contribution in [0.15, 0.2) is 40.2 Å². The largest absolute Gasteiger partial charge is 0.377 e. The Kier molecular flexibility index (Phi) is 4.90. The molecule has 31 heavy (non-hydrogen) atoms. The number of rotatable bonds is 4. The van der Waals surface area contributed by atoms with Gasteiger partial charge in [-0.3, -0.25) is 14.7 Å². The zero-order chi connectivity index (χ0) is 21.5. The molecule has 4 aromatic rings. The fraction of sp³-hybridized carbons (Fsp3) is 0.409. The molecule has 0 unspecified atom stereocenters. The van der Waals surface area contributed by atoms with E-state index in [0.717, 1.165) is 19.3 Å². The summed E-state index contributed by atoms with van der Waals surface area (Å²) in [6, 6.07) is 5.44. The van der Waals surface area contributed by atoms with Crippen LogP contribution in [0.5, 0.6) is 0 Å². The lowest BCUT2D eigenvalue weighted by molar-refractivity contribution is 0.178. The molecular formula is C22H24N6O3. The van der Waals surface area contributed by atoms with Crippen LogP contribution in [0.1, 0.15) is 44.5 Å². The van der Waals surface area contributed by atoms with Gasteiger partial charge in [-0.05, 0) is 37.0 Å². The quantitative estimate of drug-likeness (QED) is 0.509. The summed E-state index contributed by atoms with van der Waals surface area (Å²) in [7, 11) is 1.56. The Hall–Kier alpha value is -3.33. The minimum absolute atomic E-state index is 0.0965. The van der Waals surface area contributed by atoms with Crippen LogP contribution in [-0.2, 0) is 11.3 Å². The summed E-state index contributed by atoms with van der Waals surface area (Å²) in [4.78, 5) is 35.4. The zero-order valence-corrected chi connectivity index (χ0v) is 17.5. The molecule has 1 fully saturated rings. The second kappa shape index (κ2) is 7.73. The van der Waals surface area contributed by atoms with Crippen molar-refractivity contribution < 1.29 is 4.74 Å². The molecule has 1 N–H and O–H groups in total. The highest BCUT2D eigenvalue weighted by atomic mass is 16.5. The van der Waals surface area contributed by atoms with Gasteiger partial charge >= 0.3 is 0 Å². The van der Waals surface area contributed by atoms with E-state index >= 15 is 0 Å². The highest BCUT2D eigenvalue weighted by Crippen LogP contribution is 2.32. The van der Waals surface area contributed by atoms with Crippen molar-refractivity contribution in [3.05, 3.63) is 57.1 Å². The first-order chi connectivity index (χ1) is 15.1. The summed E-state index contributed by atoms with van der Waals surface area (Å²) in [6.07, 6.45) is 7.89. The molecule has 0 spiro atoms. The Balaban J connectivity index is 1.66. The Labute approximate surface area is 177 Å². The molecular weight excluding hydrogens is 396 g/mol. The molecule has 1 aliphatic rings. The molecule has 0 saturated heterocycles. The fourth-order valence-electron chi connectivity index (χ4n) is 4.56. The topological polar surface area (TPSA) is 108 Å². The van der Waals surface area contributed by atoms with Gasteiger partial charge in [0.05, 0.1) is 21.8 Å². The third-order valence-corrected chi connectivity index (χ3v) is 6.21. The average Bonchev–Trinajstić information content (AvgIpc) is 3.23. The first kappa shape index (κ1) is 19.6. The predicted molar refractivity (Wildman–Crippen MR) is 116 cm³/mol. The van der Waals surface area contributed by atoms with E-state index in [1.807, 2.05) is 16.8 Å². The average molecular weight is 420 g/mol. The monoisotopic (exact) mass is 420 g/mol. The van der Waals surface area contributed by atoms with Crippen LogP contribution >= 0.6 is 0 Å². The summed E-state index contributed by atoms with van der Waals surface area (Å²) in [5.74, 6) is 1.19. The summed E-state index contributed by atoms with van der Waals surface area (Å²) < 4.78 is 8.21. The maximum Gasteiger partial charge on any atom is 0.267 e. The molecule has 2 atom stereocenters. The van der Waals surface area contributed by atoms with Gasteiger partial charge in [-0.25, -0.2) is 9.55 Å². The number of pyridine rings is 3. The second-order valence-corrected chi connectivity index (χ2v) is 8.22. The Bertz CT molecular complexity index is 1390. The molecule has 0 amide bonds. The molecule has 0 aliphatic heterocycles. The van der Waals surface area contributed by atoms with Crippen LogP contribution in [0.4, 0.5) is 0 Å². The van der Waals surface area contributed by atoms with Gasteiger partial charge < -0.3 is 9.30 Å². The predicted octanol–water partition coefficient (Wildman–Crippen LogP) is 2.72. The number of hydrogen-bond donors (Lipinski definition) is 1. The van der Waals surface area contributed by atoms with Crippen molar-refractivity contribution in [1.29, 1.82) is 0 Å². The van der Waals surface area contributed by atoms with Crippen LogP contribution in [0, 0.1) is 5.92 Å². The number of aromatic amines is 1. The summed E-state index contributed by atoms with van der Waals surface area (Å²) in [5.41, 5.74) is 0.704. The molecule has 0 radical (unpaired) electrons. The van der Waals surface area contributed by atoms with Crippen molar-refractivity contribution in [2.24, 2.45) is 5.92 Å². The van der Waals surface area contributed by atoms with Crippen molar-refractivity contribution in [2.45, 2.75) is 45.3 Å². The summed E-state index contributed by atoms with van der Waals surface area (Å²) >= 11 is 0. The van der Waals surface area contributed by atoms with Crippen LogP contribution in [0.25, 0.3) is 27.8 Å². The molecule has 1 aliphatic carbocycles. The van der Waals surface area contributed by atoms with E-state index in [1.54, 1.807) is 25.4 Å². The number of methoxy groups -OCH3 is 1. The molecule has 160 valence electrons. The summed E-state index contributed by atoms with van der Waals surface area (Å²) in [6.45, 7) is 2.47. The molecule has 0 bridgehead atoms. The number of ether oxygens (including phenoxy) is 1. The van der Waals surface area contributed by atoms with Crippen molar-refractivity contribution >= 4 is 21.8 Å². The maximum atomic E-state index is 13.3. The van der Waals surface area contributed by atoms with Crippen LogP contribution in [0.3, 0.4) is 0 Å². The van der Waals surface area contributed by atoms with E-state index in [2.05, 4.69) is 27.1 Å². The Morgan fingerprint density at radius 2 is 1.81 bits per heavy atom. The Morgan fingerprint density at radius 1 is 1.06 bits per heavy atom. The minimum Gasteiger partial charge on any atom is -0.377 e. The van der Waals surface area contributed by atoms with Gasteiger partial charge in [-0.15, -0.1) is 5.10 Å². The number of nitrogens with one attached hydrogen (secondary N) is 1. The normalized spacial score (nSPS) is 19.3. The lowest BCUT2D eigenvalue weighted by Crippen LogP contribution is -2.30. The van der Waals surface area contributed by atoms with Gasteiger partial charge in [0.2, 0.25) is 0 Å². The third-order valence-electron chi connectivity index (χ3n) is 6.21. The molecule has 1 saturated carbocycles. The molecule has 4 aromatic heterocycles. The lowest BCUT2D eigenvalue weighted by Gasteiger charge is -2.30. The van der Waals surface area contributed by atoms with E-state index in [4.69, 9.17) is 4.74 Å². The second-order valence-electron chi connectivity index (χ2n) is 8.22. The van der Waals surface area contributed by atoms with Gasteiger partial charge in [-0.1, -0.05) is 19.8 Å². The third kappa shape index (κ3) is 3.34. The van der Waals surface area contributed by atoms with E-state index < -0.39 is 0 Å². The van der Waals surface area contributed by atoms with Gasteiger partial charge in [0.1, 0.15) is 6.61 Å². The molecule has 9 nitrogen and oxygen atoms in total. The highest BCUT2D eigenvalue weighted by molar-refractivity contribution is 5.91. The van der Waals surface area contributed by atoms with Crippen molar-refractivity contribution in [1.82, 2.24) is 29.3 Å². The van der Waals surface area contributed by atoms with E-state index in [1.165, 1.54) is 11.0 Å². The van der Waals surface area contributed by atoms with Crippen molar-refractivity contribution in [3.8, 4) is 5.95 Å². The van der Waals surface area contributed by atoms with Crippen LogP contribution in [-0.4, -0.2) is 36.4 Å². The molecule has 5 rings (SSSR count). The number of fused-ring (bicyclic) bond motifs is 2. The van der Waals surface area contributed by atoms with Crippen molar-refractivity contribution in [2.75, 3.05) is 7.11 Å². The molecule has 4 heterocycles. The van der Waals surface area contributed by atoms with Gasteiger partial charge in [0.15, 0.2) is 5.82 Å². The Morgan fingerprint density at radius 3 is 2.58 bits per heavy atom. The first-order valence-electron chi connectivity index (χ1n) is 10.5. The van der Waals surface area contributed by atoms with Crippen molar-refractivity contribution in [3.63, 3.8) is 0 Å². The number of hydrogen-bond acceptors (Lipinski definition) is 6. The van der Waals surface area contributed by atoms with Crippen LogP contribution < -0.4 is 11.1 Å². The molecule has 0 aromatic carbocycles. The molecule has 9 heteroatoms. The number of aromatic nitrogens is 6. The lowest BCUT2D eigenvalue weighted by atomic mass is 9.85. The first-order valence-corrected chi connectivity index (χ1v) is 10.5. The van der Waals surface area contributed by atoms with Gasteiger partial charge in [-0.2, -0.15) is 4.98 Å². The van der Waals surface area contributed by atoms with Gasteiger partial charge in [0, 0.05) is 25.5 Å². The maximum absolute atomic E-state index is 13.3. The van der Waals surface area contributed by atoms with E-state index in [0.29, 0.717) is 33.5 Å². The smallest absolute Gasteiger partial charge is 0.267 e. The number of nitrogens with zero attached hydrogens (tertiary/aromatic N) is 5. The van der Waals surface area contributed by atoms with E-state index in [-0.39, 0.29) is 29.7 Å². The minimum atomic E-state index is -0.323. The standard InChI is InChI=1S/C22H24N6O3/c1-13-5-3-4-6-18(13)27-9-7-16-14(20(27)29)11-15-17(23-16)8-10-28(21(15)30)22-24-19(12-31-2)25-26-22/h7-11,13,18H,3-6,12H2,1-2H3,(H,24,25,26)/t13-,18-/m1/s1. The zero-order valence-electron chi connectivity index (χ0n) is 17.5. The van der Waals surface area contributed by atoms with Gasteiger partial charge in [0.25, 0.3) is 17.1 Å². The van der Waals surface area contributed by atoms with E-state index in [9.17, 15) is 9.59 Å². The number of H-pyrrole nitrogens is 1. The SMILES string of the molecule is COCc1nc(-n2ccc3nc4ccn([C@@H]5CCCC[C@H]5C)c(=O)c4cc3c2=O)n[nH]1. The summed E-state index contributed by atoms with van der Waals surface area (Å²) in [5, 5.41) is 7.67. The highest BCUT2D eigenvalue weighted by Gasteiger charge is 2.24. The van der Waals surface area contributed by atoms with Crippen LogP contribution in [0.2, 0.25) is 0 Å². The fourth-order valence-corrected chi connectivity index (χ4v) is 4.56.